The summed E-state index contributed by atoms with van der Waals surface area (Å²) in [6.45, 7) is 5.38. The average Bonchev–Trinajstić information content (AvgIpc) is 2.49. The third-order valence-corrected chi connectivity index (χ3v) is 4.14. The smallest absolute Gasteiger partial charge is 0.0363 e. The van der Waals surface area contributed by atoms with Crippen LogP contribution in [0, 0.1) is 0 Å². The van der Waals surface area contributed by atoms with Crippen molar-refractivity contribution in [3.8, 4) is 0 Å². The van der Waals surface area contributed by atoms with Gasteiger partial charge in [-0.1, -0.05) is 66.2 Å². The first-order valence-corrected chi connectivity index (χ1v) is 8.09. The highest BCUT2D eigenvalue weighted by Gasteiger charge is 2.13. The Morgan fingerprint density at radius 2 is 1.70 bits per heavy atom. The van der Waals surface area contributed by atoms with Crippen LogP contribution in [0.1, 0.15) is 36.6 Å². The lowest BCUT2D eigenvalue weighted by atomic mass is 9.93. The molecule has 2 aromatic carbocycles. The molecule has 0 fully saturated rings. The van der Waals surface area contributed by atoms with Gasteiger partial charge in [-0.15, -0.1) is 0 Å². The van der Waals surface area contributed by atoms with Gasteiger partial charge in [0.05, 0.1) is 0 Å². The van der Waals surface area contributed by atoms with Crippen molar-refractivity contribution in [2.75, 3.05) is 6.54 Å². The maximum absolute atomic E-state index is 3.62. The minimum Gasteiger partial charge on any atom is -0.310 e. The number of aryl methyl sites for hydroxylation is 1. The highest BCUT2D eigenvalue weighted by molar-refractivity contribution is 9.10. The topological polar surface area (TPSA) is 12.0 Å². The normalized spacial score (nSPS) is 12.3. The van der Waals surface area contributed by atoms with E-state index in [0.29, 0.717) is 6.04 Å². The zero-order valence-electron chi connectivity index (χ0n) is 12.2. The zero-order valence-corrected chi connectivity index (χ0v) is 13.8. The van der Waals surface area contributed by atoms with Gasteiger partial charge < -0.3 is 5.32 Å². The van der Waals surface area contributed by atoms with Crippen LogP contribution in [0.2, 0.25) is 0 Å². The number of rotatable bonds is 6. The van der Waals surface area contributed by atoms with Crippen molar-refractivity contribution < 1.29 is 0 Å². The Kier molecular flexibility index (Phi) is 5.81. The van der Waals surface area contributed by atoms with Crippen LogP contribution in [0.15, 0.2) is 53.0 Å². The molecule has 106 valence electrons. The van der Waals surface area contributed by atoms with E-state index in [9.17, 15) is 0 Å². The molecule has 0 aliphatic heterocycles. The van der Waals surface area contributed by atoms with Gasteiger partial charge in [-0.3, -0.25) is 0 Å². The van der Waals surface area contributed by atoms with Crippen LogP contribution in [0.4, 0.5) is 0 Å². The maximum Gasteiger partial charge on any atom is 0.0363 e. The lowest BCUT2D eigenvalue weighted by Gasteiger charge is -2.21. The van der Waals surface area contributed by atoms with Gasteiger partial charge in [0.15, 0.2) is 0 Å². The Hall–Kier alpha value is -1.12. The van der Waals surface area contributed by atoms with Crippen LogP contribution in [0.5, 0.6) is 0 Å². The molecule has 20 heavy (non-hydrogen) atoms. The van der Waals surface area contributed by atoms with Crippen LogP contribution in [-0.4, -0.2) is 6.54 Å². The SMILES string of the molecule is CCNC(Cc1ccc(Br)cc1)c1ccccc1CC. The molecule has 0 heterocycles. The summed E-state index contributed by atoms with van der Waals surface area (Å²) in [5.41, 5.74) is 4.24. The van der Waals surface area contributed by atoms with E-state index in [4.69, 9.17) is 0 Å². The molecule has 0 radical (unpaired) electrons. The molecule has 0 saturated carbocycles. The monoisotopic (exact) mass is 331 g/mol. The fraction of sp³-hybridized carbons (Fsp3) is 0.333. The van der Waals surface area contributed by atoms with Crippen LogP contribution in [0.3, 0.4) is 0 Å². The van der Waals surface area contributed by atoms with E-state index < -0.39 is 0 Å². The van der Waals surface area contributed by atoms with Gasteiger partial charge in [-0.25, -0.2) is 0 Å². The summed E-state index contributed by atoms with van der Waals surface area (Å²) in [5.74, 6) is 0. The highest BCUT2D eigenvalue weighted by atomic mass is 79.9. The van der Waals surface area contributed by atoms with Crippen molar-refractivity contribution in [3.05, 3.63) is 69.7 Å². The van der Waals surface area contributed by atoms with Crippen LogP contribution >= 0.6 is 15.9 Å². The molecule has 1 N–H and O–H groups in total. The Balaban J connectivity index is 2.24. The van der Waals surface area contributed by atoms with Gasteiger partial charge in [0.1, 0.15) is 0 Å². The van der Waals surface area contributed by atoms with E-state index in [0.717, 1.165) is 23.9 Å². The maximum atomic E-state index is 3.62. The number of likely N-dealkylation sites (N-methyl/N-ethyl adjacent to an activating group) is 1. The molecule has 2 heteroatoms. The van der Waals surface area contributed by atoms with Crippen molar-refractivity contribution in [2.24, 2.45) is 0 Å². The first-order chi connectivity index (χ1) is 9.74. The molecule has 0 bridgehead atoms. The third kappa shape index (κ3) is 3.94. The fourth-order valence-electron chi connectivity index (χ4n) is 2.59. The molecule has 0 aromatic heterocycles. The summed E-state index contributed by atoms with van der Waals surface area (Å²) in [6.07, 6.45) is 2.11. The van der Waals surface area contributed by atoms with Crippen LogP contribution in [-0.2, 0) is 12.8 Å². The van der Waals surface area contributed by atoms with Crippen molar-refractivity contribution in [3.63, 3.8) is 0 Å². The Labute approximate surface area is 130 Å². The fourth-order valence-corrected chi connectivity index (χ4v) is 2.86. The predicted molar refractivity (Wildman–Crippen MR) is 90.1 cm³/mol. The third-order valence-electron chi connectivity index (χ3n) is 3.62. The standard InChI is InChI=1S/C18H22BrN/c1-3-15-7-5-6-8-17(15)18(20-4-2)13-14-9-11-16(19)12-10-14/h5-12,18,20H,3-4,13H2,1-2H3. The van der Waals surface area contributed by atoms with Gasteiger partial charge in [0.2, 0.25) is 0 Å². The van der Waals surface area contributed by atoms with Gasteiger partial charge in [-0.05, 0) is 48.2 Å². The molecule has 1 atom stereocenters. The first kappa shape index (κ1) is 15.3. The molecule has 2 rings (SSSR count). The van der Waals surface area contributed by atoms with Gasteiger partial charge in [0.25, 0.3) is 0 Å². The Morgan fingerprint density at radius 3 is 2.35 bits per heavy atom. The van der Waals surface area contributed by atoms with E-state index >= 15 is 0 Å². The largest absolute Gasteiger partial charge is 0.310 e. The van der Waals surface area contributed by atoms with Crippen LogP contribution in [0.25, 0.3) is 0 Å². The quantitative estimate of drug-likeness (QED) is 0.793. The van der Waals surface area contributed by atoms with E-state index in [-0.39, 0.29) is 0 Å². The van der Waals surface area contributed by atoms with Gasteiger partial charge in [-0.2, -0.15) is 0 Å². The molecule has 0 spiro atoms. The zero-order chi connectivity index (χ0) is 14.4. The molecule has 1 nitrogen and oxygen atoms in total. The number of nitrogens with one attached hydrogen (secondary N) is 1. The number of halogens is 1. The molecule has 0 saturated heterocycles. The van der Waals surface area contributed by atoms with Crippen molar-refractivity contribution in [2.45, 2.75) is 32.7 Å². The second-order valence-electron chi connectivity index (χ2n) is 4.99. The summed E-state index contributed by atoms with van der Waals surface area (Å²) in [5, 5.41) is 3.62. The number of hydrogen-bond donors (Lipinski definition) is 1. The molecule has 0 aliphatic rings. The lowest BCUT2D eigenvalue weighted by Crippen LogP contribution is -2.24. The molecule has 0 amide bonds. The molecule has 1 unspecified atom stereocenters. The molecular weight excluding hydrogens is 310 g/mol. The van der Waals surface area contributed by atoms with Crippen molar-refractivity contribution >= 4 is 15.9 Å². The number of benzene rings is 2. The van der Waals surface area contributed by atoms with Crippen molar-refractivity contribution in [1.82, 2.24) is 5.32 Å². The lowest BCUT2D eigenvalue weighted by molar-refractivity contribution is 0.546. The summed E-state index contributed by atoms with van der Waals surface area (Å²) in [7, 11) is 0. The minimum absolute atomic E-state index is 0.386. The summed E-state index contributed by atoms with van der Waals surface area (Å²) < 4.78 is 1.13. The van der Waals surface area contributed by atoms with Crippen LogP contribution < -0.4 is 5.32 Å². The van der Waals surface area contributed by atoms with Crippen molar-refractivity contribution in [1.29, 1.82) is 0 Å². The predicted octanol–water partition coefficient (Wildman–Crippen LogP) is 4.90. The minimum atomic E-state index is 0.386. The van der Waals surface area contributed by atoms with E-state index in [1.807, 2.05) is 0 Å². The molecule has 0 aliphatic carbocycles. The number of hydrogen-bond acceptors (Lipinski definition) is 1. The first-order valence-electron chi connectivity index (χ1n) is 7.30. The second kappa shape index (κ2) is 7.61. The molecule has 2 aromatic rings. The average molecular weight is 332 g/mol. The van der Waals surface area contributed by atoms with E-state index in [2.05, 4.69) is 83.6 Å². The second-order valence-corrected chi connectivity index (χ2v) is 5.91. The molecular formula is C18H22BrN. The Bertz CT molecular complexity index is 533. The summed E-state index contributed by atoms with van der Waals surface area (Å²) in [6, 6.07) is 17.8. The van der Waals surface area contributed by atoms with Gasteiger partial charge in [0, 0.05) is 10.5 Å². The Morgan fingerprint density at radius 1 is 1.00 bits per heavy atom. The highest BCUT2D eigenvalue weighted by Crippen LogP contribution is 2.23. The van der Waals surface area contributed by atoms with Gasteiger partial charge >= 0.3 is 0 Å². The summed E-state index contributed by atoms with van der Waals surface area (Å²) in [4.78, 5) is 0. The van der Waals surface area contributed by atoms with E-state index in [1.165, 1.54) is 16.7 Å². The van der Waals surface area contributed by atoms with E-state index in [1.54, 1.807) is 0 Å². The summed E-state index contributed by atoms with van der Waals surface area (Å²) >= 11 is 3.49.